The third-order valence-electron chi connectivity index (χ3n) is 3.58. The molecule has 1 aromatic heterocycles. The molecule has 0 aliphatic carbocycles. The largest absolute Gasteiger partial charge is 0.330 e. The molecule has 19 heavy (non-hydrogen) atoms. The highest BCUT2D eigenvalue weighted by molar-refractivity contribution is 5.20. The molecule has 1 aliphatic heterocycles. The zero-order valence-electron chi connectivity index (χ0n) is 10.4. The van der Waals surface area contributed by atoms with E-state index in [2.05, 4.69) is 10.3 Å². The maximum absolute atomic E-state index is 13.7. The van der Waals surface area contributed by atoms with Crippen LogP contribution in [0, 0.1) is 11.6 Å². The molecule has 1 aromatic carbocycles. The molecule has 0 spiro atoms. The van der Waals surface area contributed by atoms with Crippen molar-refractivity contribution in [1.82, 2.24) is 14.9 Å². The number of nitrogens with zero attached hydrogens (tertiary/aromatic N) is 2. The molecule has 0 saturated carbocycles. The predicted molar refractivity (Wildman–Crippen MR) is 67.9 cm³/mol. The first-order chi connectivity index (χ1) is 9.24. The lowest BCUT2D eigenvalue weighted by Crippen LogP contribution is -2.12. The second-order valence-corrected chi connectivity index (χ2v) is 4.87. The quantitative estimate of drug-likeness (QED) is 0.920. The minimum absolute atomic E-state index is 0.387. The fraction of sp³-hybridized carbons (Fsp3) is 0.357. The Hall–Kier alpha value is -1.75. The van der Waals surface area contributed by atoms with Gasteiger partial charge in [0.15, 0.2) is 0 Å². The summed E-state index contributed by atoms with van der Waals surface area (Å²) in [5, 5.41) is 3.31. The fourth-order valence-corrected chi connectivity index (χ4v) is 2.54. The van der Waals surface area contributed by atoms with Crippen molar-refractivity contribution in [3.63, 3.8) is 0 Å². The van der Waals surface area contributed by atoms with Gasteiger partial charge in [-0.3, -0.25) is 0 Å². The van der Waals surface area contributed by atoms with Crippen LogP contribution in [0.4, 0.5) is 8.78 Å². The second-order valence-electron chi connectivity index (χ2n) is 4.87. The van der Waals surface area contributed by atoms with Crippen LogP contribution in [0.2, 0.25) is 0 Å². The monoisotopic (exact) mass is 263 g/mol. The maximum atomic E-state index is 13.7. The number of hydrogen-bond acceptors (Lipinski definition) is 2. The van der Waals surface area contributed by atoms with E-state index in [1.807, 2.05) is 10.8 Å². The summed E-state index contributed by atoms with van der Waals surface area (Å²) in [7, 11) is 0. The molecule has 5 heteroatoms. The third-order valence-corrected chi connectivity index (χ3v) is 3.58. The molecule has 1 fully saturated rings. The van der Waals surface area contributed by atoms with Crippen LogP contribution in [0.15, 0.2) is 30.7 Å². The molecule has 0 bridgehead atoms. The van der Waals surface area contributed by atoms with Crippen LogP contribution in [0.5, 0.6) is 0 Å². The lowest BCUT2D eigenvalue weighted by atomic mass is 10.1. The minimum Gasteiger partial charge on any atom is -0.330 e. The molecular formula is C14H15F2N3. The Morgan fingerprint density at radius 2 is 2.26 bits per heavy atom. The normalized spacial score (nSPS) is 18.9. The fourth-order valence-electron chi connectivity index (χ4n) is 2.54. The standard InChI is InChI=1S/C14H15F2N3/c15-12-2-1-11(13(16)5-12)8-19-9-18-7-14(19)10-3-4-17-6-10/h1-2,5,7,9-10,17H,3-4,6,8H2. The highest BCUT2D eigenvalue weighted by Crippen LogP contribution is 2.23. The molecule has 1 unspecified atom stereocenters. The van der Waals surface area contributed by atoms with Crippen LogP contribution in [-0.2, 0) is 6.54 Å². The highest BCUT2D eigenvalue weighted by Gasteiger charge is 2.20. The van der Waals surface area contributed by atoms with E-state index in [-0.39, 0.29) is 0 Å². The Bertz CT molecular complexity index is 574. The smallest absolute Gasteiger partial charge is 0.131 e. The van der Waals surface area contributed by atoms with Gasteiger partial charge in [-0.1, -0.05) is 6.07 Å². The van der Waals surface area contributed by atoms with Crippen molar-refractivity contribution in [1.29, 1.82) is 0 Å². The molecule has 0 amide bonds. The van der Waals surface area contributed by atoms with Crippen molar-refractivity contribution in [3.8, 4) is 0 Å². The van der Waals surface area contributed by atoms with Crippen molar-refractivity contribution in [2.75, 3.05) is 13.1 Å². The second kappa shape index (κ2) is 5.09. The van der Waals surface area contributed by atoms with Gasteiger partial charge in [-0.25, -0.2) is 13.8 Å². The number of imidazole rings is 1. The van der Waals surface area contributed by atoms with Gasteiger partial charge in [0.25, 0.3) is 0 Å². The van der Waals surface area contributed by atoms with E-state index in [4.69, 9.17) is 0 Å². The van der Waals surface area contributed by atoms with Gasteiger partial charge in [-0.2, -0.15) is 0 Å². The van der Waals surface area contributed by atoms with E-state index in [0.29, 0.717) is 18.0 Å². The van der Waals surface area contributed by atoms with Gasteiger partial charge in [0.2, 0.25) is 0 Å². The summed E-state index contributed by atoms with van der Waals surface area (Å²) in [6, 6.07) is 3.69. The molecule has 1 aliphatic rings. The molecule has 2 aromatic rings. The Kier molecular flexibility index (Phi) is 3.29. The number of benzene rings is 1. The number of halogens is 2. The molecular weight excluding hydrogens is 248 g/mol. The topological polar surface area (TPSA) is 29.9 Å². The highest BCUT2D eigenvalue weighted by atomic mass is 19.1. The van der Waals surface area contributed by atoms with Gasteiger partial charge in [0.05, 0.1) is 12.9 Å². The van der Waals surface area contributed by atoms with Crippen LogP contribution < -0.4 is 5.32 Å². The van der Waals surface area contributed by atoms with Gasteiger partial charge in [0, 0.05) is 36.0 Å². The van der Waals surface area contributed by atoms with Crippen LogP contribution >= 0.6 is 0 Å². The molecule has 2 heterocycles. The molecule has 100 valence electrons. The van der Waals surface area contributed by atoms with E-state index in [0.717, 1.165) is 31.3 Å². The van der Waals surface area contributed by atoms with E-state index in [1.54, 1.807) is 6.33 Å². The zero-order valence-corrected chi connectivity index (χ0v) is 10.4. The van der Waals surface area contributed by atoms with Crippen LogP contribution in [0.1, 0.15) is 23.6 Å². The average molecular weight is 263 g/mol. The third kappa shape index (κ3) is 2.51. The Morgan fingerprint density at radius 1 is 1.37 bits per heavy atom. The van der Waals surface area contributed by atoms with Crippen LogP contribution in [0.25, 0.3) is 0 Å². The van der Waals surface area contributed by atoms with Crippen molar-refractivity contribution in [2.45, 2.75) is 18.9 Å². The first kappa shape index (κ1) is 12.3. The Labute approximate surface area is 110 Å². The first-order valence-corrected chi connectivity index (χ1v) is 6.38. The van der Waals surface area contributed by atoms with Gasteiger partial charge in [0.1, 0.15) is 11.6 Å². The van der Waals surface area contributed by atoms with Crippen molar-refractivity contribution < 1.29 is 8.78 Å². The zero-order chi connectivity index (χ0) is 13.2. The maximum Gasteiger partial charge on any atom is 0.131 e. The predicted octanol–water partition coefficient (Wildman–Crippen LogP) is 2.29. The molecule has 1 N–H and O–H groups in total. The van der Waals surface area contributed by atoms with Crippen molar-refractivity contribution >= 4 is 0 Å². The van der Waals surface area contributed by atoms with E-state index in [1.165, 1.54) is 12.1 Å². The van der Waals surface area contributed by atoms with E-state index >= 15 is 0 Å². The summed E-state index contributed by atoms with van der Waals surface area (Å²) < 4.78 is 28.5. The summed E-state index contributed by atoms with van der Waals surface area (Å²) in [5.74, 6) is -0.637. The molecule has 0 radical (unpaired) electrons. The minimum atomic E-state index is -0.549. The summed E-state index contributed by atoms with van der Waals surface area (Å²) in [4.78, 5) is 4.15. The summed E-state index contributed by atoms with van der Waals surface area (Å²) in [6.45, 7) is 2.32. The number of aromatic nitrogens is 2. The summed E-state index contributed by atoms with van der Waals surface area (Å²) in [5.41, 5.74) is 1.58. The summed E-state index contributed by atoms with van der Waals surface area (Å²) >= 11 is 0. The first-order valence-electron chi connectivity index (χ1n) is 6.38. The van der Waals surface area contributed by atoms with Gasteiger partial charge in [-0.05, 0) is 19.0 Å². The molecule has 1 saturated heterocycles. The van der Waals surface area contributed by atoms with Gasteiger partial charge in [-0.15, -0.1) is 0 Å². The van der Waals surface area contributed by atoms with Crippen molar-refractivity contribution in [2.24, 2.45) is 0 Å². The van der Waals surface area contributed by atoms with Gasteiger partial charge < -0.3 is 9.88 Å². The SMILES string of the molecule is Fc1ccc(Cn2cncc2C2CCNC2)c(F)c1. The molecule has 1 atom stereocenters. The van der Waals surface area contributed by atoms with Gasteiger partial charge >= 0.3 is 0 Å². The van der Waals surface area contributed by atoms with Crippen LogP contribution in [-0.4, -0.2) is 22.6 Å². The summed E-state index contributed by atoms with van der Waals surface area (Å²) in [6.07, 6.45) is 4.60. The van der Waals surface area contributed by atoms with E-state index in [9.17, 15) is 8.78 Å². The Morgan fingerprint density at radius 3 is 3.00 bits per heavy atom. The molecule has 3 nitrogen and oxygen atoms in total. The average Bonchev–Trinajstić information content (AvgIpc) is 3.03. The number of rotatable bonds is 3. The number of nitrogens with one attached hydrogen (secondary N) is 1. The van der Waals surface area contributed by atoms with E-state index < -0.39 is 11.6 Å². The molecule has 3 rings (SSSR count). The Balaban J connectivity index is 1.85. The number of hydrogen-bond donors (Lipinski definition) is 1. The van der Waals surface area contributed by atoms with Crippen molar-refractivity contribution in [3.05, 3.63) is 53.6 Å². The lowest BCUT2D eigenvalue weighted by molar-refractivity contribution is 0.560. The lowest BCUT2D eigenvalue weighted by Gasteiger charge is -2.13. The van der Waals surface area contributed by atoms with Crippen LogP contribution in [0.3, 0.4) is 0 Å².